The summed E-state index contributed by atoms with van der Waals surface area (Å²) >= 11 is 0. The van der Waals surface area contributed by atoms with Crippen molar-refractivity contribution in [2.75, 3.05) is 0 Å². The smallest absolute Gasteiger partial charge is 0.265 e. The van der Waals surface area contributed by atoms with Crippen molar-refractivity contribution in [1.29, 1.82) is 0 Å². The highest BCUT2D eigenvalue weighted by atomic mass is 16.2. The van der Waals surface area contributed by atoms with Crippen molar-refractivity contribution in [3.8, 4) is 0 Å². The molecule has 6 nitrogen and oxygen atoms in total. The van der Waals surface area contributed by atoms with Crippen LogP contribution in [-0.2, 0) is 16.1 Å². The van der Waals surface area contributed by atoms with E-state index in [1.54, 1.807) is 24.3 Å². The summed E-state index contributed by atoms with van der Waals surface area (Å²) in [5.74, 6) is 4.41. The largest absolute Gasteiger partial charge is 0.290 e. The highest BCUT2D eigenvalue weighted by Crippen LogP contribution is 2.16. The number of likely N-dealkylation sites (tertiary alicyclic amines) is 1. The van der Waals surface area contributed by atoms with Gasteiger partial charge in [-0.25, -0.2) is 5.84 Å². The molecule has 1 aliphatic rings. The van der Waals surface area contributed by atoms with Gasteiger partial charge >= 0.3 is 0 Å². The molecule has 1 fully saturated rings. The number of carbonyl (C=O) groups is 3. The predicted molar refractivity (Wildman–Crippen MR) is 72.1 cm³/mol. The van der Waals surface area contributed by atoms with Gasteiger partial charge in [0.05, 0.1) is 6.54 Å². The minimum absolute atomic E-state index is 0.128. The maximum absolute atomic E-state index is 11.9. The average molecular weight is 275 g/mol. The van der Waals surface area contributed by atoms with Crippen LogP contribution in [0.2, 0.25) is 0 Å². The fraction of sp³-hybridized carbons (Fsp3) is 0.357. The quantitative estimate of drug-likeness (QED) is 0.368. The Morgan fingerprint density at radius 2 is 1.65 bits per heavy atom. The Morgan fingerprint density at radius 1 is 1.10 bits per heavy atom. The molecule has 0 aromatic heterocycles. The summed E-state index contributed by atoms with van der Waals surface area (Å²) in [6, 6.07) is 6.67. The third-order valence-corrected chi connectivity index (χ3v) is 3.32. The molecule has 106 valence electrons. The molecular formula is C14H17N3O3. The highest BCUT2D eigenvalue weighted by molar-refractivity contribution is 5.96. The minimum atomic E-state index is -0.376. The van der Waals surface area contributed by atoms with Crippen LogP contribution in [0.4, 0.5) is 0 Å². The van der Waals surface area contributed by atoms with Crippen LogP contribution in [0.25, 0.3) is 0 Å². The van der Waals surface area contributed by atoms with Gasteiger partial charge < -0.3 is 0 Å². The van der Waals surface area contributed by atoms with Crippen molar-refractivity contribution >= 4 is 17.7 Å². The number of benzene rings is 1. The van der Waals surface area contributed by atoms with Crippen LogP contribution in [0, 0.1) is 0 Å². The Labute approximate surface area is 116 Å². The van der Waals surface area contributed by atoms with Gasteiger partial charge in [-0.15, -0.1) is 0 Å². The molecule has 0 spiro atoms. The molecule has 0 atom stereocenters. The first kappa shape index (κ1) is 14.2. The number of hydrogen-bond donors (Lipinski definition) is 2. The van der Waals surface area contributed by atoms with E-state index < -0.39 is 0 Å². The van der Waals surface area contributed by atoms with E-state index in [0.29, 0.717) is 18.4 Å². The predicted octanol–water partition coefficient (Wildman–Crippen LogP) is 0.719. The molecule has 0 radical (unpaired) electrons. The zero-order chi connectivity index (χ0) is 14.5. The normalized spacial score (nSPS) is 15.9. The Bertz CT molecular complexity index is 507. The van der Waals surface area contributed by atoms with Crippen LogP contribution in [-0.4, -0.2) is 22.6 Å². The number of nitrogens with one attached hydrogen (secondary N) is 1. The van der Waals surface area contributed by atoms with Gasteiger partial charge in [0.25, 0.3) is 5.91 Å². The lowest BCUT2D eigenvalue weighted by Gasteiger charge is -2.18. The van der Waals surface area contributed by atoms with E-state index >= 15 is 0 Å². The second-order valence-electron chi connectivity index (χ2n) is 4.75. The maximum atomic E-state index is 11.9. The molecule has 20 heavy (non-hydrogen) atoms. The van der Waals surface area contributed by atoms with E-state index in [1.165, 1.54) is 4.90 Å². The van der Waals surface area contributed by atoms with Crippen LogP contribution in [0.3, 0.4) is 0 Å². The third kappa shape index (κ3) is 3.21. The number of nitrogens with two attached hydrogens (primary N) is 1. The zero-order valence-corrected chi connectivity index (χ0v) is 11.1. The van der Waals surface area contributed by atoms with E-state index in [-0.39, 0.29) is 24.3 Å². The molecule has 1 aliphatic heterocycles. The van der Waals surface area contributed by atoms with E-state index in [2.05, 4.69) is 0 Å². The van der Waals surface area contributed by atoms with Crippen LogP contribution >= 0.6 is 0 Å². The molecule has 1 aromatic carbocycles. The van der Waals surface area contributed by atoms with Crippen molar-refractivity contribution in [3.05, 3.63) is 35.4 Å². The van der Waals surface area contributed by atoms with Gasteiger partial charge in [0.2, 0.25) is 11.8 Å². The molecule has 0 aliphatic carbocycles. The molecule has 6 heteroatoms. The first-order valence-electron chi connectivity index (χ1n) is 6.55. The first-order chi connectivity index (χ1) is 9.61. The van der Waals surface area contributed by atoms with Gasteiger partial charge in [-0.1, -0.05) is 12.1 Å². The molecule has 0 unspecified atom stereocenters. The van der Waals surface area contributed by atoms with Crippen molar-refractivity contribution in [3.63, 3.8) is 0 Å². The number of nitrogen functional groups attached to an aromatic ring is 1. The van der Waals surface area contributed by atoms with E-state index in [1.807, 2.05) is 5.43 Å². The van der Waals surface area contributed by atoms with Crippen molar-refractivity contribution in [2.45, 2.75) is 32.2 Å². The summed E-state index contributed by atoms with van der Waals surface area (Å²) in [6.45, 7) is 0.252. The molecule has 0 saturated carbocycles. The van der Waals surface area contributed by atoms with Crippen molar-refractivity contribution < 1.29 is 14.4 Å². The molecular weight excluding hydrogens is 258 g/mol. The lowest BCUT2D eigenvalue weighted by Crippen LogP contribution is -2.34. The summed E-state index contributed by atoms with van der Waals surface area (Å²) in [4.78, 5) is 36.4. The fourth-order valence-corrected chi connectivity index (χ4v) is 2.17. The molecule has 3 amide bonds. The summed E-state index contributed by atoms with van der Waals surface area (Å²) in [7, 11) is 0. The molecule has 2 rings (SSSR count). The first-order valence-corrected chi connectivity index (χ1v) is 6.55. The number of hydrazine groups is 1. The number of hydrogen-bond acceptors (Lipinski definition) is 4. The SMILES string of the molecule is NNC(=O)c1ccc(CN2C(=O)CCCCC2=O)cc1. The average Bonchev–Trinajstić information content (AvgIpc) is 2.62. The van der Waals surface area contributed by atoms with Gasteiger partial charge in [-0.05, 0) is 30.5 Å². The van der Waals surface area contributed by atoms with Crippen molar-refractivity contribution in [1.82, 2.24) is 10.3 Å². The lowest BCUT2D eigenvalue weighted by molar-refractivity contribution is -0.144. The second kappa shape index (κ2) is 6.29. The van der Waals surface area contributed by atoms with Gasteiger partial charge in [0.15, 0.2) is 0 Å². The molecule has 1 heterocycles. The lowest BCUT2D eigenvalue weighted by atomic mass is 10.1. The minimum Gasteiger partial charge on any atom is -0.290 e. The number of rotatable bonds is 3. The third-order valence-electron chi connectivity index (χ3n) is 3.32. The van der Waals surface area contributed by atoms with Crippen LogP contribution < -0.4 is 11.3 Å². The van der Waals surface area contributed by atoms with Crippen LogP contribution in [0.5, 0.6) is 0 Å². The zero-order valence-electron chi connectivity index (χ0n) is 11.1. The van der Waals surface area contributed by atoms with Gasteiger partial charge in [0, 0.05) is 18.4 Å². The Morgan fingerprint density at radius 3 is 2.15 bits per heavy atom. The standard InChI is InChI=1S/C14H17N3O3/c15-16-14(20)11-7-5-10(6-8-11)9-17-12(18)3-1-2-4-13(17)19/h5-8H,1-4,9,15H2,(H,16,20). The van der Waals surface area contributed by atoms with Crippen molar-refractivity contribution in [2.24, 2.45) is 5.84 Å². The number of amides is 3. The number of imide groups is 1. The molecule has 1 saturated heterocycles. The summed E-state index contributed by atoms with van der Waals surface area (Å²) in [6.07, 6.45) is 2.35. The van der Waals surface area contributed by atoms with E-state index in [4.69, 9.17) is 5.84 Å². The van der Waals surface area contributed by atoms with Gasteiger partial charge in [-0.3, -0.25) is 24.7 Å². The Balaban J connectivity index is 2.10. The fourth-order valence-electron chi connectivity index (χ4n) is 2.17. The maximum Gasteiger partial charge on any atom is 0.265 e. The van der Waals surface area contributed by atoms with Gasteiger partial charge in [0.1, 0.15) is 0 Å². The second-order valence-corrected chi connectivity index (χ2v) is 4.75. The Kier molecular flexibility index (Phi) is 4.47. The number of carbonyl (C=O) groups excluding carboxylic acids is 3. The van der Waals surface area contributed by atoms with Gasteiger partial charge in [-0.2, -0.15) is 0 Å². The van der Waals surface area contributed by atoms with E-state index in [0.717, 1.165) is 18.4 Å². The van der Waals surface area contributed by atoms with Crippen LogP contribution in [0.1, 0.15) is 41.6 Å². The summed E-state index contributed by atoms with van der Waals surface area (Å²) < 4.78 is 0. The summed E-state index contributed by atoms with van der Waals surface area (Å²) in [5.41, 5.74) is 3.29. The number of nitrogens with zero attached hydrogens (tertiary/aromatic N) is 1. The topological polar surface area (TPSA) is 92.5 Å². The van der Waals surface area contributed by atoms with E-state index in [9.17, 15) is 14.4 Å². The molecule has 1 aromatic rings. The van der Waals surface area contributed by atoms with Crippen LogP contribution in [0.15, 0.2) is 24.3 Å². The molecule has 0 bridgehead atoms. The Hall–Kier alpha value is -2.21. The highest BCUT2D eigenvalue weighted by Gasteiger charge is 2.23. The molecule has 3 N–H and O–H groups in total. The monoisotopic (exact) mass is 275 g/mol. The summed E-state index contributed by atoms with van der Waals surface area (Å²) in [5, 5.41) is 0.